The van der Waals surface area contributed by atoms with E-state index in [2.05, 4.69) is 15.1 Å². The number of ether oxygens (including phenoxy) is 1. The molecule has 5 nitrogen and oxygen atoms in total. The van der Waals surface area contributed by atoms with Crippen molar-refractivity contribution in [1.29, 1.82) is 0 Å². The molecule has 0 saturated heterocycles. The Balaban J connectivity index is 1.98. The van der Waals surface area contributed by atoms with E-state index in [4.69, 9.17) is 4.74 Å². The zero-order valence-electron chi connectivity index (χ0n) is 10.7. The van der Waals surface area contributed by atoms with Crippen molar-refractivity contribution in [3.8, 4) is 17.6 Å². The van der Waals surface area contributed by atoms with Gasteiger partial charge in [0.25, 0.3) is 0 Å². The molecule has 0 aliphatic carbocycles. The highest BCUT2D eigenvalue weighted by atomic mass is 19.1. The first kappa shape index (κ1) is 12.3. The van der Waals surface area contributed by atoms with Gasteiger partial charge in [-0.05, 0) is 25.1 Å². The molecule has 3 aromatic heterocycles. The highest BCUT2D eigenvalue weighted by Crippen LogP contribution is 2.23. The van der Waals surface area contributed by atoms with E-state index in [1.54, 1.807) is 29.1 Å². The summed E-state index contributed by atoms with van der Waals surface area (Å²) in [6.07, 6.45) is 1.66. The number of rotatable bonds is 3. The molecule has 0 amide bonds. The van der Waals surface area contributed by atoms with E-state index in [0.717, 1.165) is 5.69 Å². The lowest BCUT2D eigenvalue weighted by atomic mass is 10.4. The van der Waals surface area contributed by atoms with Gasteiger partial charge in [0.05, 0.1) is 5.69 Å². The van der Waals surface area contributed by atoms with Crippen LogP contribution in [0.3, 0.4) is 0 Å². The average Bonchev–Trinajstić information content (AvgIpc) is 2.80. The molecule has 0 aliphatic heterocycles. The first-order valence-electron chi connectivity index (χ1n) is 6.01. The minimum absolute atomic E-state index is 0.169. The van der Waals surface area contributed by atoms with E-state index in [-0.39, 0.29) is 5.88 Å². The Bertz CT molecular complexity index is 727. The molecular weight excluding hydrogens is 259 g/mol. The van der Waals surface area contributed by atoms with Gasteiger partial charge in [-0.2, -0.15) is 19.2 Å². The van der Waals surface area contributed by atoms with Gasteiger partial charge < -0.3 is 4.74 Å². The number of aromatic nitrogens is 4. The topological polar surface area (TPSA) is 52.8 Å². The maximum absolute atomic E-state index is 13.1. The van der Waals surface area contributed by atoms with Gasteiger partial charge in [0.15, 0.2) is 5.82 Å². The third kappa shape index (κ3) is 2.49. The molecule has 100 valence electrons. The van der Waals surface area contributed by atoms with Crippen LogP contribution in [0.15, 0.2) is 48.7 Å². The van der Waals surface area contributed by atoms with Crippen LogP contribution in [0.25, 0.3) is 5.82 Å². The van der Waals surface area contributed by atoms with Crippen molar-refractivity contribution in [2.45, 2.75) is 6.92 Å². The fraction of sp³-hybridized carbons (Fsp3) is 0.0714. The second kappa shape index (κ2) is 5.08. The fourth-order valence-corrected chi connectivity index (χ4v) is 1.75. The van der Waals surface area contributed by atoms with Crippen LogP contribution in [-0.2, 0) is 0 Å². The van der Waals surface area contributed by atoms with Crippen molar-refractivity contribution in [3.63, 3.8) is 0 Å². The molecule has 3 heterocycles. The van der Waals surface area contributed by atoms with Gasteiger partial charge in [-0.1, -0.05) is 12.1 Å². The molecule has 0 bridgehead atoms. The number of hydrogen-bond acceptors (Lipinski definition) is 4. The minimum atomic E-state index is -0.594. The highest BCUT2D eigenvalue weighted by molar-refractivity contribution is 5.31. The maximum Gasteiger partial charge on any atom is 0.226 e. The predicted octanol–water partition coefficient (Wildman–Crippen LogP) is 2.90. The minimum Gasteiger partial charge on any atom is -0.420 e. The quantitative estimate of drug-likeness (QED) is 0.687. The summed E-state index contributed by atoms with van der Waals surface area (Å²) >= 11 is 0. The van der Waals surface area contributed by atoms with Crippen LogP contribution in [0.4, 0.5) is 4.39 Å². The molecule has 0 aliphatic rings. The normalized spacial score (nSPS) is 10.5. The largest absolute Gasteiger partial charge is 0.420 e. The summed E-state index contributed by atoms with van der Waals surface area (Å²) < 4.78 is 20.2. The molecular formula is C14H11FN4O. The summed E-state index contributed by atoms with van der Waals surface area (Å²) in [5.41, 5.74) is 0.766. The summed E-state index contributed by atoms with van der Waals surface area (Å²) in [6.45, 7) is 1.84. The van der Waals surface area contributed by atoms with E-state index in [9.17, 15) is 4.39 Å². The Morgan fingerprint density at radius 2 is 2.05 bits per heavy atom. The Morgan fingerprint density at radius 1 is 1.15 bits per heavy atom. The van der Waals surface area contributed by atoms with Gasteiger partial charge in [0.2, 0.25) is 17.7 Å². The molecule has 3 rings (SSSR count). The van der Waals surface area contributed by atoms with Crippen molar-refractivity contribution in [2.24, 2.45) is 0 Å². The third-order valence-corrected chi connectivity index (χ3v) is 2.56. The maximum atomic E-state index is 13.1. The molecule has 6 heteroatoms. The van der Waals surface area contributed by atoms with Crippen LogP contribution in [0.2, 0.25) is 0 Å². The fourth-order valence-electron chi connectivity index (χ4n) is 1.75. The van der Waals surface area contributed by atoms with Crippen molar-refractivity contribution in [1.82, 2.24) is 19.7 Å². The zero-order valence-corrected chi connectivity index (χ0v) is 10.7. The Hall–Kier alpha value is -2.76. The van der Waals surface area contributed by atoms with Crippen molar-refractivity contribution >= 4 is 0 Å². The first-order chi connectivity index (χ1) is 9.72. The lowest BCUT2D eigenvalue weighted by molar-refractivity contribution is 0.414. The predicted molar refractivity (Wildman–Crippen MR) is 70.4 cm³/mol. The Kier molecular flexibility index (Phi) is 3.12. The van der Waals surface area contributed by atoms with Gasteiger partial charge >= 0.3 is 0 Å². The van der Waals surface area contributed by atoms with E-state index in [1.807, 2.05) is 19.1 Å². The molecule has 20 heavy (non-hydrogen) atoms. The first-order valence-corrected chi connectivity index (χ1v) is 6.01. The summed E-state index contributed by atoms with van der Waals surface area (Å²) in [6, 6.07) is 11.6. The lowest BCUT2D eigenvalue weighted by Gasteiger charge is -2.07. The molecule has 0 atom stereocenters. The summed E-state index contributed by atoms with van der Waals surface area (Å²) in [5.74, 6) is 0.622. The number of aryl methyl sites for hydroxylation is 1. The van der Waals surface area contributed by atoms with Crippen molar-refractivity contribution in [3.05, 3.63) is 60.3 Å². The second-order valence-corrected chi connectivity index (χ2v) is 4.12. The number of halogens is 1. The van der Waals surface area contributed by atoms with Gasteiger partial charge in [0.1, 0.15) is 0 Å². The van der Waals surface area contributed by atoms with E-state index in [1.165, 1.54) is 12.1 Å². The molecule has 0 unspecified atom stereocenters. The second-order valence-electron chi connectivity index (χ2n) is 4.12. The number of pyridine rings is 2. The Labute approximate surface area is 114 Å². The van der Waals surface area contributed by atoms with Crippen LogP contribution >= 0.6 is 0 Å². The highest BCUT2D eigenvalue weighted by Gasteiger charge is 2.11. The molecule has 0 radical (unpaired) electrons. The Morgan fingerprint density at radius 3 is 2.80 bits per heavy atom. The van der Waals surface area contributed by atoms with E-state index < -0.39 is 5.95 Å². The van der Waals surface area contributed by atoms with Gasteiger partial charge in [-0.25, -0.2) is 4.98 Å². The molecule has 0 aromatic carbocycles. The smallest absolute Gasteiger partial charge is 0.226 e. The molecule has 0 fully saturated rings. The summed E-state index contributed by atoms with van der Waals surface area (Å²) in [4.78, 5) is 7.87. The third-order valence-electron chi connectivity index (χ3n) is 2.56. The SMILES string of the molecule is Cc1cc(Oc2cccc(F)n2)n(-c2ccccn2)n1. The monoisotopic (exact) mass is 270 g/mol. The van der Waals surface area contributed by atoms with Gasteiger partial charge in [-0.15, -0.1) is 0 Å². The van der Waals surface area contributed by atoms with Gasteiger partial charge in [0, 0.05) is 18.3 Å². The van der Waals surface area contributed by atoms with Crippen LogP contribution in [0.1, 0.15) is 5.69 Å². The number of hydrogen-bond donors (Lipinski definition) is 0. The molecule has 0 spiro atoms. The van der Waals surface area contributed by atoms with E-state index >= 15 is 0 Å². The van der Waals surface area contributed by atoms with Crippen LogP contribution in [0, 0.1) is 12.9 Å². The van der Waals surface area contributed by atoms with Crippen LogP contribution in [0.5, 0.6) is 11.8 Å². The number of nitrogens with zero attached hydrogens (tertiary/aromatic N) is 4. The molecule has 0 N–H and O–H groups in total. The summed E-state index contributed by atoms with van der Waals surface area (Å²) in [7, 11) is 0. The standard InChI is InChI=1S/C14H11FN4O/c1-10-9-14(20-13-7-4-5-11(15)17-13)19(18-10)12-6-2-3-8-16-12/h2-9H,1H3. The average molecular weight is 270 g/mol. The lowest BCUT2D eigenvalue weighted by Crippen LogP contribution is -2.02. The van der Waals surface area contributed by atoms with E-state index in [0.29, 0.717) is 11.7 Å². The summed E-state index contributed by atoms with van der Waals surface area (Å²) in [5, 5.41) is 4.31. The van der Waals surface area contributed by atoms with Crippen molar-refractivity contribution < 1.29 is 9.13 Å². The zero-order chi connectivity index (χ0) is 13.9. The van der Waals surface area contributed by atoms with Gasteiger partial charge in [-0.3, -0.25) is 0 Å². The van der Waals surface area contributed by atoms with Crippen LogP contribution in [-0.4, -0.2) is 19.7 Å². The molecule has 3 aromatic rings. The van der Waals surface area contributed by atoms with Crippen molar-refractivity contribution in [2.75, 3.05) is 0 Å². The molecule has 0 saturated carbocycles. The van der Waals surface area contributed by atoms with Crippen LogP contribution < -0.4 is 4.74 Å².